The molecule has 1 aliphatic heterocycles. The zero-order chi connectivity index (χ0) is 11.2. The number of hydrazine groups is 1. The molecule has 0 amide bonds. The van der Waals surface area contributed by atoms with Crippen molar-refractivity contribution in [3.05, 3.63) is 29.8 Å². The predicted octanol–water partition coefficient (Wildman–Crippen LogP) is 0.596. The minimum absolute atomic E-state index is 0.607. The highest BCUT2D eigenvalue weighted by Gasteiger charge is 2.06. The molecule has 5 heteroatoms. The summed E-state index contributed by atoms with van der Waals surface area (Å²) in [6.45, 7) is 3.97. The van der Waals surface area contributed by atoms with E-state index in [0.29, 0.717) is 19.8 Å². The van der Waals surface area contributed by atoms with Gasteiger partial charge in [-0.3, -0.25) is 5.43 Å². The lowest BCUT2D eigenvalue weighted by Gasteiger charge is -2.11. The summed E-state index contributed by atoms with van der Waals surface area (Å²) < 4.78 is 5.54. The van der Waals surface area contributed by atoms with E-state index >= 15 is 0 Å². The number of nitrogens with one attached hydrogen (secondary N) is 3. The Labute approximate surface area is 94.9 Å². The second-order valence-electron chi connectivity index (χ2n) is 3.36. The molecule has 86 valence electrons. The van der Waals surface area contributed by atoms with Gasteiger partial charge in [-0.25, -0.2) is 10.4 Å². The largest absolute Gasteiger partial charge is 0.494 e. The van der Waals surface area contributed by atoms with Gasteiger partial charge in [0, 0.05) is 12.1 Å². The lowest BCUT2D eigenvalue weighted by molar-refractivity contribution is 0.336. The average Bonchev–Trinajstić information content (AvgIpc) is 2.81. The van der Waals surface area contributed by atoms with Crippen LogP contribution in [0.3, 0.4) is 0 Å². The molecular formula is C11H16N4O. The lowest BCUT2D eigenvalue weighted by atomic mass is 10.2. The fourth-order valence-electron chi connectivity index (χ4n) is 1.51. The maximum atomic E-state index is 5.54. The van der Waals surface area contributed by atoms with Crippen molar-refractivity contribution in [3.63, 3.8) is 0 Å². The van der Waals surface area contributed by atoms with Gasteiger partial charge in [0.05, 0.1) is 6.61 Å². The summed E-state index contributed by atoms with van der Waals surface area (Å²) in [5.74, 6) is 1.69. The highest BCUT2D eigenvalue weighted by molar-refractivity contribution is 5.80. The monoisotopic (exact) mass is 220 g/mol. The Hall–Kier alpha value is -1.75. The van der Waals surface area contributed by atoms with Crippen LogP contribution in [-0.4, -0.2) is 19.2 Å². The third-order valence-electron chi connectivity index (χ3n) is 2.24. The van der Waals surface area contributed by atoms with E-state index in [1.165, 1.54) is 0 Å². The molecule has 3 N–H and O–H groups in total. The first-order valence-corrected chi connectivity index (χ1v) is 5.38. The maximum Gasteiger partial charge on any atom is 0.207 e. The molecule has 1 heterocycles. The third-order valence-corrected chi connectivity index (χ3v) is 2.24. The first-order chi connectivity index (χ1) is 7.90. The first kappa shape index (κ1) is 10.8. The number of aliphatic imine (C=N–C) groups is 1. The Bertz CT molecular complexity index is 378. The van der Waals surface area contributed by atoms with Gasteiger partial charge < -0.3 is 10.1 Å². The molecule has 0 bridgehead atoms. The van der Waals surface area contributed by atoms with Gasteiger partial charge in [0.25, 0.3) is 0 Å². The number of benzene rings is 1. The van der Waals surface area contributed by atoms with Gasteiger partial charge >= 0.3 is 0 Å². The second kappa shape index (κ2) is 5.37. The molecule has 0 atom stereocenters. The standard InChI is InChI=1S/C11H16N4O/c1-2-16-10-6-4-3-5-9(10)7-12-11-13-8-14-15-11/h3-6,14H,2,7-8H2,1H3,(H2,12,13,15). The molecule has 1 aromatic carbocycles. The molecule has 1 aliphatic rings. The van der Waals surface area contributed by atoms with Crippen LogP contribution in [0, 0.1) is 0 Å². The van der Waals surface area contributed by atoms with E-state index in [9.17, 15) is 0 Å². The normalized spacial score (nSPS) is 14.2. The van der Waals surface area contributed by atoms with Crippen LogP contribution in [-0.2, 0) is 6.54 Å². The van der Waals surface area contributed by atoms with Gasteiger partial charge in [0.1, 0.15) is 12.4 Å². The average molecular weight is 220 g/mol. The van der Waals surface area contributed by atoms with Crippen molar-refractivity contribution >= 4 is 5.96 Å². The highest BCUT2D eigenvalue weighted by atomic mass is 16.5. The summed E-state index contributed by atoms with van der Waals surface area (Å²) >= 11 is 0. The molecule has 0 aliphatic carbocycles. The van der Waals surface area contributed by atoms with E-state index in [2.05, 4.69) is 21.2 Å². The van der Waals surface area contributed by atoms with E-state index in [1.807, 2.05) is 31.2 Å². The smallest absolute Gasteiger partial charge is 0.207 e. The topological polar surface area (TPSA) is 57.7 Å². The number of para-hydroxylation sites is 1. The van der Waals surface area contributed by atoms with E-state index in [-0.39, 0.29) is 0 Å². The predicted molar refractivity (Wildman–Crippen MR) is 63.0 cm³/mol. The molecule has 5 nitrogen and oxygen atoms in total. The molecule has 16 heavy (non-hydrogen) atoms. The van der Waals surface area contributed by atoms with Gasteiger partial charge in [-0.1, -0.05) is 18.2 Å². The number of ether oxygens (including phenoxy) is 1. The van der Waals surface area contributed by atoms with Gasteiger partial charge in [0.15, 0.2) is 0 Å². The molecule has 0 fully saturated rings. The molecule has 0 radical (unpaired) electrons. The maximum absolute atomic E-state index is 5.54. The molecular weight excluding hydrogens is 204 g/mol. The molecule has 2 rings (SSSR count). The minimum Gasteiger partial charge on any atom is -0.494 e. The molecule has 0 spiro atoms. The fourth-order valence-corrected chi connectivity index (χ4v) is 1.51. The lowest BCUT2D eigenvalue weighted by Crippen LogP contribution is -2.38. The van der Waals surface area contributed by atoms with E-state index in [4.69, 9.17) is 4.74 Å². The van der Waals surface area contributed by atoms with Crippen LogP contribution in [0.5, 0.6) is 5.75 Å². The van der Waals surface area contributed by atoms with Crippen LogP contribution in [0.15, 0.2) is 29.3 Å². The zero-order valence-corrected chi connectivity index (χ0v) is 9.29. The number of hydrogen-bond acceptors (Lipinski definition) is 5. The van der Waals surface area contributed by atoms with Crippen LogP contribution in [0.1, 0.15) is 12.5 Å². The Morgan fingerprint density at radius 3 is 3.06 bits per heavy atom. The van der Waals surface area contributed by atoms with E-state index in [1.54, 1.807) is 0 Å². The van der Waals surface area contributed by atoms with Crippen molar-refractivity contribution < 1.29 is 4.74 Å². The van der Waals surface area contributed by atoms with Crippen LogP contribution in [0.2, 0.25) is 0 Å². The summed E-state index contributed by atoms with van der Waals surface area (Å²) in [7, 11) is 0. The van der Waals surface area contributed by atoms with Crippen LogP contribution in [0.25, 0.3) is 0 Å². The molecule has 0 saturated carbocycles. The van der Waals surface area contributed by atoms with Crippen LogP contribution >= 0.6 is 0 Å². The number of guanidine groups is 1. The summed E-state index contributed by atoms with van der Waals surface area (Å²) in [6.07, 6.45) is 0. The third kappa shape index (κ3) is 2.64. The SMILES string of the molecule is CCOc1ccccc1CNC1=NCNN1. The van der Waals surface area contributed by atoms with Crippen molar-refractivity contribution in [2.24, 2.45) is 4.99 Å². The zero-order valence-electron chi connectivity index (χ0n) is 9.29. The number of hydrogen-bond donors (Lipinski definition) is 3. The molecule has 1 aromatic rings. The Morgan fingerprint density at radius 2 is 2.31 bits per heavy atom. The molecule has 0 aromatic heterocycles. The Morgan fingerprint density at radius 1 is 1.44 bits per heavy atom. The Kier molecular flexibility index (Phi) is 3.61. The highest BCUT2D eigenvalue weighted by Crippen LogP contribution is 2.17. The number of nitrogens with zero attached hydrogens (tertiary/aromatic N) is 1. The minimum atomic E-state index is 0.607. The van der Waals surface area contributed by atoms with Crippen molar-refractivity contribution in [1.29, 1.82) is 0 Å². The van der Waals surface area contributed by atoms with Crippen LogP contribution in [0.4, 0.5) is 0 Å². The van der Waals surface area contributed by atoms with Gasteiger partial charge in [-0.2, -0.15) is 0 Å². The van der Waals surface area contributed by atoms with Crippen molar-refractivity contribution in [1.82, 2.24) is 16.2 Å². The second-order valence-corrected chi connectivity index (χ2v) is 3.36. The van der Waals surface area contributed by atoms with Crippen LogP contribution < -0.4 is 20.9 Å². The molecule has 0 unspecified atom stereocenters. The van der Waals surface area contributed by atoms with Gasteiger partial charge in [-0.15, -0.1) is 0 Å². The summed E-state index contributed by atoms with van der Waals surface area (Å²) in [4.78, 5) is 4.17. The quantitative estimate of drug-likeness (QED) is 0.695. The fraction of sp³-hybridized carbons (Fsp3) is 0.364. The summed E-state index contributed by atoms with van der Waals surface area (Å²) in [6, 6.07) is 7.99. The van der Waals surface area contributed by atoms with Crippen molar-refractivity contribution in [3.8, 4) is 5.75 Å². The van der Waals surface area contributed by atoms with Gasteiger partial charge in [-0.05, 0) is 13.0 Å². The molecule has 0 saturated heterocycles. The first-order valence-electron chi connectivity index (χ1n) is 5.38. The van der Waals surface area contributed by atoms with Crippen molar-refractivity contribution in [2.75, 3.05) is 13.3 Å². The summed E-state index contributed by atoms with van der Waals surface area (Å²) in [5.41, 5.74) is 6.95. The number of rotatable bonds is 4. The van der Waals surface area contributed by atoms with Gasteiger partial charge in [0.2, 0.25) is 5.96 Å². The van der Waals surface area contributed by atoms with E-state index in [0.717, 1.165) is 17.3 Å². The van der Waals surface area contributed by atoms with E-state index < -0.39 is 0 Å². The summed E-state index contributed by atoms with van der Waals surface area (Å²) in [5, 5.41) is 3.19. The van der Waals surface area contributed by atoms with Crippen molar-refractivity contribution in [2.45, 2.75) is 13.5 Å². The Balaban J connectivity index is 1.97.